The van der Waals surface area contributed by atoms with E-state index in [-0.39, 0.29) is 12.1 Å². The summed E-state index contributed by atoms with van der Waals surface area (Å²) in [6.07, 6.45) is 0.201. The molecule has 1 aliphatic heterocycles. The number of amides is 1. The van der Waals surface area contributed by atoms with E-state index in [9.17, 15) is 9.90 Å². The third-order valence-electron chi connectivity index (χ3n) is 2.75. The van der Waals surface area contributed by atoms with Crippen molar-refractivity contribution >= 4 is 5.91 Å². The summed E-state index contributed by atoms with van der Waals surface area (Å²) in [5, 5.41) is 9.24. The summed E-state index contributed by atoms with van der Waals surface area (Å²) in [6.45, 7) is 0. The predicted molar refractivity (Wildman–Crippen MR) is 58.6 cm³/mol. The van der Waals surface area contributed by atoms with Crippen LogP contribution in [0.1, 0.15) is 23.2 Å². The molecule has 0 spiro atoms. The summed E-state index contributed by atoms with van der Waals surface area (Å²) >= 11 is 0. The van der Waals surface area contributed by atoms with E-state index in [1.807, 2.05) is 18.2 Å². The van der Waals surface area contributed by atoms with Crippen LogP contribution in [-0.2, 0) is 4.74 Å². The third-order valence-corrected chi connectivity index (χ3v) is 2.75. The number of aliphatic hydroxyl groups excluding tert-OH is 1. The lowest BCUT2D eigenvalue weighted by molar-refractivity contribution is -0.122. The largest absolute Gasteiger partial charge is 0.368 e. The molecule has 4 heteroatoms. The van der Waals surface area contributed by atoms with Crippen molar-refractivity contribution in [1.82, 2.24) is 4.90 Å². The maximum atomic E-state index is 12.0. The molecule has 0 saturated carbocycles. The topological polar surface area (TPSA) is 49.8 Å². The molecule has 1 amide bonds. The van der Waals surface area contributed by atoms with Crippen LogP contribution in [0.25, 0.3) is 0 Å². The van der Waals surface area contributed by atoms with E-state index in [4.69, 9.17) is 4.74 Å². The van der Waals surface area contributed by atoms with Crippen molar-refractivity contribution in [2.75, 3.05) is 7.05 Å². The highest BCUT2D eigenvalue weighted by Crippen LogP contribution is 2.21. The number of aliphatic hydroxyl groups is 1. The van der Waals surface area contributed by atoms with Gasteiger partial charge in [-0.3, -0.25) is 4.79 Å². The highest BCUT2D eigenvalue weighted by Gasteiger charge is 2.29. The van der Waals surface area contributed by atoms with E-state index < -0.39 is 6.29 Å². The van der Waals surface area contributed by atoms with Crippen LogP contribution in [0.2, 0.25) is 0 Å². The standard InChI is InChI=1S/C12H15NO3/c1-13(10-7-8-11(14)16-10)12(15)9-5-3-2-4-6-9/h2-6,10-11,14H,7-8H2,1H3. The van der Waals surface area contributed by atoms with Gasteiger partial charge in [0.2, 0.25) is 0 Å². The van der Waals surface area contributed by atoms with Crippen molar-refractivity contribution in [3.05, 3.63) is 35.9 Å². The molecule has 2 rings (SSSR count). The molecule has 4 nitrogen and oxygen atoms in total. The second-order valence-electron chi connectivity index (χ2n) is 3.90. The van der Waals surface area contributed by atoms with Crippen LogP contribution >= 0.6 is 0 Å². The Balaban J connectivity index is 2.05. The van der Waals surface area contributed by atoms with Crippen molar-refractivity contribution in [1.29, 1.82) is 0 Å². The lowest BCUT2D eigenvalue weighted by atomic mass is 10.2. The number of carbonyl (C=O) groups is 1. The van der Waals surface area contributed by atoms with Gasteiger partial charge in [0, 0.05) is 19.0 Å². The number of hydrogen-bond acceptors (Lipinski definition) is 3. The first-order valence-corrected chi connectivity index (χ1v) is 5.34. The van der Waals surface area contributed by atoms with Crippen molar-refractivity contribution in [2.24, 2.45) is 0 Å². The van der Waals surface area contributed by atoms with Gasteiger partial charge in [-0.15, -0.1) is 0 Å². The first-order chi connectivity index (χ1) is 7.68. The summed E-state index contributed by atoms with van der Waals surface area (Å²) in [4.78, 5) is 13.5. The lowest BCUT2D eigenvalue weighted by Gasteiger charge is -2.23. The summed E-state index contributed by atoms with van der Waals surface area (Å²) in [6, 6.07) is 9.05. The minimum Gasteiger partial charge on any atom is -0.368 e. The first-order valence-electron chi connectivity index (χ1n) is 5.34. The summed E-state index contributed by atoms with van der Waals surface area (Å²) in [5.41, 5.74) is 0.634. The van der Waals surface area contributed by atoms with Crippen molar-refractivity contribution in [3.63, 3.8) is 0 Å². The third kappa shape index (κ3) is 2.23. The fourth-order valence-electron chi connectivity index (χ4n) is 1.80. The van der Waals surface area contributed by atoms with Crippen LogP contribution in [0, 0.1) is 0 Å². The molecule has 1 aliphatic rings. The second kappa shape index (κ2) is 4.63. The van der Waals surface area contributed by atoms with E-state index in [1.54, 1.807) is 19.2 Å². The first kappa shape index (κ1) is 11.1. The molecule has 86 valence electrons. The van der Waals surface area contributed by atoms with Gasteiger partial charge in [-0.1, -0.05) is 18.2 Å². The number of benzene rings is 1. The quantitative estimate of drug-likeness (QED) is 0.816. The summed E-state index contributed by atoms with van der Waals surface area (Å²) < 4.78 is 5.23. The molecule has 1 heterocycles. The Bertz CT molecular complexity index is 366. The molecule has 0 radical (unpaired) electrons. The van der Waals surface area contributed by atoms with Crippen molar-refractivity contribution in [2.45, 2.75) is 25.4 Å². The molecular weight excluding hydrogens is 206 g/mol. The maximum Gasteiger partial charge on any atom is 0.255 e. The molecular formula is C12H15NO3. The van der Waals surface area contributed by atoms with Gasteiger partial charge in [0.05, 0.1) is 0 Å². The van der Waals surface area contributed by atoms with Gasteiger partial charge in [-0.2, -0.15) is 0 Å². The highest BCUT2D eigenvalue weighted by atomic mass is 16.6. The normalized spacial score (nSPS) is 24.4. The molecule has 1 fully saturated rings. The Labute approximate surface area is 94.4 Å². The monoisotopic (exact) mass is 221 g/mol. The number of rotatable bonds is 2. The Kier molecular flexibility index (Phi) is 3.22. The number of hydrogen-bond donors (Lipinski definition) is 1. The molecule has 2 unspecified atom stereocenters. The van der Waals surface area contributed by atoms with Crippen LogP contribution < -0.4 is 0 Å². The number of carbonyl (C=O) groups excluding carboxylic acids is 1. The van der Waals surface area contributed by atoms with E-state index >= 15 is 0 Å². The van der Waals surface area contributed by atoms with Crippen LogP contribution in [-0.4, -0.2) is 35.5 Å². The van der Waals surface area contributed by atoms with Gasteiger partial charge >= 0.3 is 0 Å². The average Bonchev–Trinajstić information content (AvgIpc) is 2.75. The molecule has 1 saturated heterocycles. The molecule has 16 heavy (non-hydrogen) atoms. The fourth-order valence-corrected chi connectivity index (χ4v) is 1.80. The Morgan fingerprint density at radius 1 is 1.38 bits per heavy atom. The highest BCUT2D eigenvalue weighted by molar-refractivity contribution is 5.94. The molecule has 0 aliphatic carbocycles. The van der Waals surface area contributed by atoms with Gasteiger partial charge in [0.1, 0.15) is 6.23 Å². The smallest absolute Gasteiger partial charge is 0.255 e. The molecule has 2 atom stereocenters. The number of nitrogens with zero attached hydrogens (tertiary/aromatic N) is 1. The molecule has 0 bridgehead atoms. The average molecular weight is 221 g/mol. The van der Waals surface area contributed by atoms with Crippen LogP contribution in [0.15, 0.2) is 30.3 Å². The zero-order valence-corrected chi connectivity index (χ0v) is 9.17. The van der Waals surface area contributed by atoms with E-state index in [0.717, 1.165) is 0 Å². The number of ether oxygens (including phenoxy) is 1. The van der Waals surface area contributed by atoms with Crippen molar-refractivity contribution < 1.29 is 14.6 Å². The Hall–Kier alpha value is -1.39. The SMILES string of the molecule is CN(C(=O)c1ccccc1)C1CCC(O)O1. The van der Waals surface area contributed by atoms with Gasteiger partial charge in [0.15, 0.2) is 6.29 Å². The van der Waals surface area contributed by atoms with Crippen LogP contribution in [0.4, 0.5) is 0 Å². The molecule has 1 aromatic rings. The minimum absolute atomic E-state index is 0.0836. The lowest BCUT2D eigenvalue weighted by Crippen LogP contribution is -2.37. The maximum absolute atomic E-state index is 12.0. The zero-order valence-electron chi connectivity index (χ0n) is 9.17. The summed E-state index contributed by atoms with van der Waals surface area (Å²) in [5.74, 6) is -0.0836. The molecule has 1 aromatic carbocycles. The van der Waals surface area contributed by atoms with E-state index in [1.165, 1.54) is 4.90 Å². The van der Waals surface area contributed by atoms with Gasteiger partial charge in [-0.05, 0) is 18.6 Å². The minimum atomic E-state index is -0.740. The fraction of sp³-hybridized carbons (Fsp3) is 0.417. The van der Waals surface area contributed by atoms with Crippen LogP contribution in [0.3, 0.4) is 0 Å². The van der Waals surface area contributed by atoms with Gasteiger partial charge in [0.25, 0.3) is 5.91 Å². The second-order valence-corrected chi connectivity index (χ2v) is 3.90. The van der Waals surface area contributed by atoms with E-state index in [2.05, 4.69) is 0 Å². The predicted octanol–water partition coefficient (Wildman–Crippen LogP) is 1.21. The van der Waals surface area contributed by atoms with Crippen LogP contribution in [0.5, 0.6) is 0 Å². The zero-order chi connectivity index (χ0) is 11.5. The molecule has 1 N–H and O–H groups in total. The van der Waals surface area contributed by atoms with Crippen molar-refractivity contribution in [3.8, 4) is 0 Å². The van der Waals surface area contributed by atoms with Gasteiger partial charge < -0.3 is 14.7 Å². The Morgan fingerprint density at radius 2 is 2.06 bits per heavy atom. The Morgan fingerprint density at radius 3 is 2.62 bits per heavy atom. The molecule has 0 aromatic heterocycles. The van der Waals surface area contributed by atoms with Gasteiger partial charge in [-0.25, -0.2) is 0 Å². The van der Waals surface area contributed by atoms with E-state index in [0.29, 0.717) is 18.4 Å². The summed E-state index contributed by atoms with van der Waals surface area (Å²) in [7, 11) is 1.69.